The van der Waals surface area contributed by atoms with E-state index in [-0.39, 0.29) is 20.3 Å². The number of hydrogen-bond acceptors (Lipinski definition) is 1. The molecule has 0 N–H and O–H groups in total. The molecule has 0 heterocycles. The van der Waals surface area contributed by atoms with Gasteiger partial charge in [-0.1, -0.05) is 44.2 Å². The molecule has 1 aromatic rings. The van der Waals surface area contributed by atoms with Crippen LogP contribution in [0.25, 0.3) is 0 Å². The predicted octanol–water partition coefficient (Wildman–Crippen LogP) is 0.0350. The van der Waals surface area contributed by atoms with E-state index in [9.17, 15) is 0 Å². The van der Waals surface area contributed by atoms with Crippen molar-refractivity contribution in [2.75, 3.05) is 13.1 Å². The van der Waals surface area contributed by atoms with Gasteiger partial charge in [-0.3, -0.25) is 4.90 Å². The first kappa shape index (κ1) is 13.8. The van der Waals surface area contributed by atoms with Crippen LogP contribution in [0.1, 0.15) is 27.3 Å². The van der Waals surface area contributed by atoms with E-state index in [4.69, 9.17) is 0 Å². The first-order valence-electron chi connectivity index (χ1n) is 5.13. The molecule has 1 nitrogen and oxygen atoms in total. The molecular formula is C12H20LiN. The van der Waals surface area contributed by atoms with Gasteiger partial charge in [0.2, 0.25) is 0 Å². The van der Waals surface area contributed by atoms with Crippen molar-refractivity contribution in [3.8, 4) is 0 Å². The summed E-state index contributed by atoms with van der Waals surface area (Å²) in [5, 5.41) is 0. The van der Waals surface area contributed by atoms with E-state index in [1.54, 1.807) is 0 Å². The molecule has 2 heteroatoms. The molecule has 0 aliphatic rings. The van der Waals surface area contributed by atoms with E-state index in [2.05, 4.69) is 49.1 Å². The summed E-state index contributed by atoms with van der Waals surface area (Å²) in [4.78, 5) is 2.47. The second-order valence-electron chi connectivity index (χ2n) is 3.35. The standard InChI is InChI=1S/C12H19N.Li.H/c1-3-10-13(4-2)11-12-8-6-5-7-9-12;;/h5-9H,3-4,10-11H2,1-2H3;;/q;+1;-1. The minimum absolute atomic E-state index is 0. The average molecular weight is 185 g/mol. The Morgan fingerprint density at radius 1 is 1.14 bits per heavy atom. The fourth-order valence-corrected chi connectivity index (χ4v) is 1.51. The van der Waals surface area contributed by atoms with Gasteiger partial charge in [0.15, 0.2) is 0 Å². The van der Waals surface area contributed by atoms with Crippen LogP contribution in [-0.2, 0) is 6.54 Å². The fraction of sp³-hybridized carbons (Fsp3) is 0.500. The summed E-state index contributed by atoms with van der Waals surface area (Å²) in [5.41, 5.74) is 1.41. The minimum Gasteiger partial charge on any atom is -1.00 e. The molecule has 0 radical (unpaired) electrons. The second-order valence-corrected chi connectivity index (χ2v) is 3.35. The zero-order chi connectivity index (χ0) is 9.52. The molecule has 0 aliphatic carbocycles. The van der Waals surface area contributed by atoms with Crippen molar-refractivity contribution < 1.29 is 20.3 Å². The zero-order valence-electron chi connectivity index (χ0n) is 10.7. The number of rotatable bonds is 5. The molecule has 74 valence electrons. The summed E-state index contributed by atoms with van der Waals surface area (Å²) in [5.74, 6) is 0. The van der Waals surface area contributed by atoms with Gasteiger partial charge in [0.25, 0.3) is 0 Å². The molecule has 0 atom stereocenters. The molecule has 0 aliphatic heterocycles. The van der Waals surface area contributed by atoms with Gasteiger partial charge < -0.3 is 1.43 Å². The average Bonchev–Trinajstić information content (AvgIpc) is 2.19. The van der Waals surface area contributed by atoms with Crippen LogP contribution >= 0.6 is 0 Å². The van der Waals surface area contributed by atoms with Gasteiger partial charge in [0.05, 0.1) is 0 Å². The Morgan fingerprint density at radius 2 is 1.79 bits per heavy atom. The van der Waals surface area contributed by atoms with Crippen LogP contribution in [0.5, 0.6) is 0 Å². The Bertz CT molecular complexity index is 228. The maximum absolute atomic E-state index is 2.47. The summed E-state index contributed by atoms with van der Waals surface area (Å²) in [6.07, 6.45) is 1.24. The van der Waals surface area contributed by atoms with Crippen LogP contribution in [0.2, 0.25) is 0 Å². The van der Waals surface area contributed by atoms with E-state index in [0.717, 1.165) is 13.1 Å². The summed E-state index contributed by atoms with van der Waals surface area (Å²) < 4.78 is 0. The van der Waals surface area contributed by atoms with E-state index in [0.29, 0.717) is 0 Å². The molecule has 0 aromatic heterocycles. The van der Waals surface area contributed by atoms with Crippen molar-refractivity contribution in [1.29, 1.82) is 0 Å². The van der Waals surface area contributed by atoms with E-state index >= 15 is 0 Å². The summed E-state index contributed by atoms with van der Waals surface area (Å²) >= 11 is 0. The molecule has 0 fully saturated rings. The second kappa shape index (κ2) is 8.12. The molecule has 1 rings (SSSR count). The normalized spacial score (nSPS) is 9.93. The van der Waals surface area contributed by atoms with Gasteiger partial charge in [-0.05, 0) is 25.1 Å². The molecule has 1 aromatic carbocycles. The maximum Gasteiger partial charge on any atom is 1.00 e. The van der Waals surface area contributed by atoms with Crippen molar-refractivity contribution in [1.82, 2.24) is 4.90 Å². The molecule has 0 amide bonds. The summed E-state index contributed by atoms with van der Waals surface area (Å²) in [6.45, 7) is 7.88. The monoisotopic (exact) mass is 185 g/mol. The Balaban J connectivity index is 0. The Labute approximate surface area is 101 Å². The zero-order valence-corrected chi connectivity index (χ0v) is 9.66. The van der Waals surface area contributed by atoms with Crippen LogP contribution in [0.15, 0.2) is 30.3 Å². The Morgan fingerprint density at radius 3 is 2.29 bits per heavy atom. The topological polar surface area (TPSA) is 3.24 Å². The van der Waals surface area contributed by atoms with E-state index < -0.39 is 0 Å². The first-order valence-corrected chi connectivity index (χ1v) is 5.13. The summed E-state index contributed by atoms with van der Waals surface area (Å²) in [6, 6.07) is 10.7. The quantitative estimate of drug-likeness (QED) is 0.585. The molecule has 14 heavy (non-hydrogen) atoms. The van der Waals surface area contributed by atoms with Crippen LogP contribution in [0, 0.1) is 0 Å². The largest absolute Gasteiger partial charge is 1.00 e. The molecule has 0 unspecified atom stereocenters. The van der Waals surface area contributed by atoms with Gasteiger partial charge in [0, 0.05) is 6.54 Å². The van der Waals surface area contributed by atoms with Crippen molar-refractivity contribution in [3.63, 3.8) is 0 Å². The van der Waals surface area contributed by atoms with Crippen molar-refractivity contribution in [2.24, 2.45) is 0 Å². The van der Waals surface area contributed by atoms with Gasteiger partial charge >= 0.3 is 18.9 Å². The van der Waals surface area contributed by atoms with Crippen LogP contribution in [0.4, 0.5) is 0 Å². The smallest absolute Gasteiger partial charge is 1.00 e. The number of hydrogen-bond donors (Lipinski definition) is 0. The molecule has 0 bridgehead atoms. The van der Waals surface area contributed by atoms with Gasteiger partial charge in [-0.15, -0.1) is 0 Å². The Kier molecular flexibility index (Phi) is 7.99. The molecule has 0 saturated heterocycles. The molecule has 0 spiro atoms. The minimum atomic E-state index is 0. The third-order valence-electron chi connectivity index (χ3n) is 2.24. The van der Waals surface area contributed by atoms with Crippen molar-refractivity contribution in [3.05, 3.63) is 35.9 Å². The van der Waals surface area contributed by atoms with E-state index in [1.165, 1.54) is 18.5 Å². The molecular weight excluding hydrogens is 165 g/mol. The van der Waals surface area contributed by atoms with Crippen LogP contribution in [0.3, 0.4) is 0 Å². The Hall–Kier alpha value is -0.223. The van der Waals surface area contributed by atoms with Crippen molar-refractivity contribution >= 4 is 0 Å². The van der Waals surface area contributed by atoms with Crippen LogP contribution in [-0.4, -0.2) is 18.0 Å². The third-order valence-corrected chi connectivity index (χ3v) is 2.24. The van der Waals surface area contributed by atoms with Gasteiger partial charge in [-0.25, -0.2) is 0 Å². The fourth-order valence-electron chi connectivity index (χ4n) is 1.51. The van der Waals surface area contributed by atoms with Gasteiger partial charge in [0.1, 0.15) is 0 Å². The van der Waals surface area contributed by atoms with E-state index in [1.807, 2.05) is 0 Å². The molecule has 0 saturated carbocycles. The maximum atomic E-state index is 2.47. The first-order chi connectivity index (χ1) is 6.36. The van der Waals surface area contributed by atoms with Crippen LogP contribution < -0.4 is 18.9 Å². The number of benzene rings is 1. The van der Waals surface area contributed by atoms with Gasteiger partial charge in [-0.2, -0.15) is 0 Å². The third kappa shape index (κ3) is 4.86. The predicted molar refractivity (Wildman–Crippen MR) is 58.8 cm³/mol. The number of nitrogens with zero attached hydrogens (tertiary/aromatic N) is 1. The SMILES string of the molecule is CCCN(CC)Cc1ccccc1.[H-].[Li+]. The van der Waals surface area contributed by atoms with Crippen molar-refractivity contribution in [2.45, 2.75) is 26.8 Å². The summed E-state index contributed by atoms with van der Waals surface area (Å²) in [7, 11) is 0.